The number of ether oxygens (including phenoxy) is 1. The molecule has 0 radical (unpaired) electrons. The first-order chi connectivity index (χ1) is 34.3. The predicted octanol–water partition coefficient (Wildman–Crippen LogP) is 8.18. The number of halogens is 1. The number of carbonyl (C=O) groups excluding carboxylic acids is 3. The van der Waals surface area contributed by atoms with Crippen LogP contribution in [0.2, 0.25) is 5.02 Å². The highest BCUT2D eigenvalue weighted by Gasteiger charge is 2.44. The standard InChI is InChI=1S/C55H65ClN10O5S/c1-30-33(4)72-54-49(30)50(38-12-16-39(56)17-13-38)60-45(52-63-62-35(6)66(52)54)28-48(69)59-40-25-44(26-40)71-43-20-10-36(11-21-43)24-47(68)61-51(55(7,8)9)53(70)65-29-42(67)27-46(65)32(3)58-31(2)37-14-18-41(19-15-37)64-23-22-57-34(64)5/h10-23,31-32,40,42,44-46,51,58,67H,24-29H2,1-9H3,(H,59,69)(H,61,68)/t31-,32?,40-,42+,44-,45-,46-,51+/m0/s1. The summed E-state index contributed by atoms with van der Waals surface area (Å²) in [4.78, 5) is 54.3. The van der Waals surface area contributed by atoms with Gasteiger partial charge in [0.2, 0.25) is 17.7 Å². The molecular weight excluding hydrogens is 948 g/mol. The van der Waals surface area contributed by atoms with Gasteiger partial charge in [0, 0.05) is 82.7 Å². The Bertz CT molecular complexity index is 2970. The molecule has 2 aliphatic heterocycles. The van der Waals surface area contributed by atoms with E-state index < -0.39 is 23.6 Å². The second-order valence-corrected chi connectivity index (χ2v) is 22.5. The Morgan fingerprint density at radius 3 is 2.28 bits per heavy atom. The number of fused-ring (bicyclic) bond motifs is 3. The van der Waals surface area contributed by atoms with E-state index in [2.05, 4.69) is 76.2 Å². The minimum Gasteiger partial charge on any atom is -0.490 e. The molecule has 3 aliphatic rings. The van der Waals surface area contributed by atoms with E-state index in [9.17, 15) is 19.5 Å². The van der Waals surface area contributed by atoms with Crippen molar-refractivity contribution in [1.82, 2.24) is 45.2 Å². The number of aromatic nitrogens is 5. The number of likely N-dealkylation sites (tertiary alicyclic amines) is 1. The number of thiophene rings is 1. The molecule has 72 heavy (non-hydrogen) atoms. The fraction of sp³-hybridized carbons (Fsp3) is 0.436. The zero-order valence-electron chi connectivity index (χ0n) is 42.4. The molecule has 1 saturated carbocycles. The molecule has 1 aliphatic carbocycles. The molecule has 1 unspecified atom stereocenters. The van der Waals surface area contributed by atoms with Gasteiger partial charge in [-0.05, 0) is 106 Å². The summed E-state index contributed by atoms with van der Waals surface area (Å²) in [5.41, 5.74) is 6.18. The highest BCUT2D eigenvalue weighted by molar-refractivity contribution is 7.15. The van der Waals surface area contributed by atoms with Gasteiger partial charge >= 0.3 is 0 Å². The van der Waals surface area contributed by atoms with E-state index in [0.29, 0.717) is 35.9 Å². The van der Waals surface area contributed by atoms with Gasteiger partial charge in [0.1, 0.15) is 40.6 Å². The number of nitrogens with zero attached hydrogens (tertiary/aromatic N) is 7. The van der Waals surface area contributed by atoms with Gasteiger partial charge in [-0.15, -0.1) is 21.5 Å². The number of aliphatic imine (C=N–C) groups is 1. The molecule has 3 amide bonds. The maximum atomic E-state index is 14.4. The molecule has 0 bridgehead atoms. The van der Waals surface area contributed by atoms with Crippen molar-refractivity contribution < 1.29 is 24.2 Å². The Kier molecular flexibility index (Phi) is 14.6. The van der Waals surface area contributed by atoms with Crippen molar-refractivity contribution in [1.29, 1.82) is 0 Å². The minimum atomic E-state index is -0.810. The van der Waals surface area contributed by atoms with Crippen LogP contribution in [0, 0.1) is 33.1 Å². The highest BCUT2D eigenvalue weighted by Crippen LogP contribution is 2.40. The highest BCUT2D eigenvalue weighted by atomic mass is 35.5. The number of nitrogens with one attached hydrogen (secondary N) is 3. The average molecular weight is 1010 g/mol. The first kappa shape index (κ1) is 50.7. The summed E-state index contributed by atoms with van der Waals surface area (Å²) in [5, 5.41) is 31.4. The van der Waals surface area contributed by atoms with Gasteiger partial charge in [0.05, 0.1) is 24.7 Å². The molecule has 15 nitrogen and oxygen atoms in total. The molecule has 378 valence electrons. The van der Waals surface area contributed by atoms with Crippen LogP contribution in [0.25, 0.3) is 10.7 Å². The van der Waals surface area contributed by atoms with Crippen molar-refractivity contribution in [2.75, 3.05) is 6.54 Å². The summed E-state index contributed by atoms with van der Waals surface area (Å²) >= 11 is 7.95. The van der Waals surface area contributed by atoms with E-state index in [1.807, 2.05) is 105 Å². The number of aliphatic hydroxyl groups is 1. The fourth-order valence-electron chi connectivity index (χ4n) is 10.2. The number of imidazole rings is 1. The van der Waals surface area contributed by atoms with Gasteiger partial charge < -0.3 is 35.3 Å². The van der Waals surface area contributed by atoms with Crippen LogP contribution in [0.1, 0.15) is 123 Å². The third-order valence-corrected chi connectivity index (χ3v) is 15.8. The zero-order chi connectivity index (χ0) is 51.2. The Morgan fingerprint density at radius 1 is 0.903 bits per heavy atom. The number of hydrogen-bond donors (Lipinski definition) is 4. The van der Waals surface area contributed by atoms with Crippen LogP contribution in [0.3, 0.4) is 0 Å². The van der Waals surface area contributed by atoms with Gasteiger partial charge in [-0.1, -0.05) is 68.8 Å². The lowest BCUT2D eigenvalue weighted by atomic mass is 9.85. The maximum absolute atomic E-state index is 14.4. The van der Waals surface area contributed by atoms with E-state index in [4.69, 9.17) is 21.3 Å². The second kappa shape index (κ2) is 20.7. The van der Waals surface area contributed by atoms with Crippen molar-refractivity contribution in [2.24, 2.45) is 10.4 Å². The average Bonchev–Trinajstić information content (AvgIpc) is 4.10. The largest absolute Gasteiger partial charge is 0.490 e. The van der Waals surface area contributed by atoms with Gasteiger partial charge in [0.25, 0.3) is 0 Å². The van der Waals surface area contributed by atoms with Crippen molar-refractivity contribution in [2.45, 2.75) is 143 Å². The van der Waals surface area contributed by atoms with Crippen LogP contribution in [0.15, 0.2) is 90.2 Å². The minimum absolute atomic E-state index is 0.0177. The first-order valence-electron chi connectivity index (χ1n) is 24.9. The molecule has 2 fully saturated rings. The third-order valence-electron chi connectivity index (χ3n) is 14.4. The lowest BCUT2D eigenvalue weighted by Gasteiger charge is -2.38. The molecular formula is C55H65ClN10O5S. The van der Waals surface area contributed by atoms with Crippen LogP contribution in [0.4, 0.5) is 0 Å². The van der Waals surface area contributed by atoms with Crippen LogP contribution < -0.4 is 20.7 Å². The topological polar surface area (TPSA) is 181 Å². The summed E-state index contributed by atoms with van der Waals surface area (Å²) in [6.45, 7) is 18.3. The predicted molar refractivity (Wildman–Crippen MR) is 280 cm³/mol. The van der Waals surface area contributed by atoms with Crippen LogP contribution in [0.5, 0.6) is 5.75 Å². The monoisotopic (exact) mass is 1010 g/mol. The van der Waals surface area contributed by atoms with E-state index in [-0.39, 0.29) is 67.4 Å². The van der Waals surface area contributed by atoms with Crippen molar-refractivity contribution in [3.05, 3.63) is 140 Å². The molecule has 3 aromatic carbocycles. The normalized spacial score (nSPS) is 20.8. The molecule has 3 aromatic heterocycles. The van der Waals surface area contributed by atoms with Crippen molar-refractivity contribution >= 4 is 46.4 Å². The smallest absolute Gasteiger partial charge is 0.246 e. The quantitative estimate of drug-likeness (QED) is 0.0789. The zero-order valence-corrected chi connectivity index (χ0v) is 44.0. The van der Waals surface area contributed by atoms with Crippen molar-refractivity contribution in [3.8, 4) is 16.4 Å². The lowest BCUT2D eigenvalue weighted by Crippen LogP contribution is -2.58. The fourth-order valence-corrected chi connectivity index (χ4v) is 11.6. The summed E-state index contributed by atoms with van der Waals surface area (Å²) in [6.07, 6.45) is 4.89. The van der Waals surface area contributed by atoms with E-state index in [0.717, 1.165) is 55.9 Å². The Labute approximate surface area is 430 Å². The van der Waals surface area contributed by atoms with Gasteiger partial charge in [-0.2, -0.15) is 0 Å². The Hall–Kier alpha value is -6.20. The number of hydrogen-bond acceptors (Lipinski definition) is 11. The molecule has 1 saturated heterocycles. The number of aryl methyl sites for hydroxylation is 3. The van der Waals surface area contributed by atoms with Gasteiger partial charge in [-0.25, -0.2) is 4.98 Å². The third kappa shape index (κ3) is 10.8. The summed E-state index contributed by atoms with van der Waals surface area (Å²) < 4.78 is 10.4. The summed E-state index contributed by atoms with van der Waals surface area (Å²) in [6, 6.07) is 21.5. The van der Waals surface area contributed by atoms with Crippen molar-refractivity contribution in [3.63, 3.8) is 0 Å². The number of carbonyl (C=O) groups is 3. The number of β-amino-alcohol motifs (C(OH)–C–C–N with tert-alkyl or cyclic N) is 1. The molecule has 5 heterocycles. The summed E-state index contributed by atoms with van der Waals surface area (Å²) in [7, 11) is 0. The van der Waals surface area contributed by atoms with Crippen LogP contribution in [-0.2, 0) is 20.8 Å². The van der Waals surface area contributed by atoms with E-state index in [1.165, 1.54) is 4.88 Å². The molecule has 9 rings (SSSR count). The van der Waals surface area contributed by atoms with Crippen LogP contribution in [-0.4, -0.2) is 101 Å². The van der Waals surface area contributed by atoms with E-state index in [1.54, 1.807) is 22.4 Å². The molecule has 6 atom stereocenters. The summed E-state index contributed by atoms with van der Waals surface area (Å²) in [5.74, 6) is 2.35. The number of rotatable bonds is 15. The molecule has 17 heteroatoms. The first-order valence-corrected chi connectivity index (χ1v) is 26.1. The Morgan fingerprint density at radius 2 is 1.61 bits per heavy atom. The SMILES string of the molecule is Cc1sc2c(c1C)C(c1ccc(Cl)cc1)=N[C@@H](CC(=O)N[C@H]1C[C@H](Oc3ccc(CC(=O)N[C@H](C(=O)N4C[C@H](O)C[C@H]4C(C)N[C@@H](C)c4ccc(-n5ccnc5C)cc4)C(C)(C)C)cc3)C1)c1nnc(C)n1-2. The molecule has 4 N–H and O–H groups in total. The molecule has 0 spiro atoms. The number of amides is 3. The van der Waals surface area contributed by atoms with E-state index >= 15 is 0 Å². The lowest BCUT2D eigenvalue weighted by molar-refractivity contribution is -0.140. The molecule has 6 aromatic rings. The van der Waals surface area contributed by atoms with Gasteiger partial charge in [-0.3, -0.25) is 23.9 Å². The van der Waals surface area contributed by atoms with Gasteiger partial charge in [0.15, 0.2) is 5.82 Å². The number of aliphatic hydroxyl groups excluding tert-OH is 1. The van der Waals surface area contributed by atoms with Crippen LogP contribution >= 0.6 is 22.9 Å². The number of benzene rings is 3. The second-order valence-electron chi connectivity index (χ2n) is 20.8. The Balaban J connectivity index is 0.768. The maximum Gasteiger partial charge on any atom is 0.246 e.